The van der Waals surface area contributed by atoms with Crippen LogP contribution in [0.1, 0.15) is 30.0 Å². The number of nitrogens with one attached hydrogen (secondary N) is 1. The van der Waals surface area contributed by atoms with Crippen molar-refractivity contribution in [3.8, 4) is 0 Å². The largest absolute Gasteiger partial charge is 0.416 e. The highest BCUT2D eigenvalue weighted by molar-refractivity contribution is 7.80. The fourth-order valence-corrected chi connectivity index (χ4v) is 4.26. The molecule has 4 nitrogen and oxygen atoms in total. The molecule has 0 unspecified atom stereocenters. The van der Waals surface area contributed by atoms with Crippen LogP contribution in [0.3, 0.4) is 0 Å². The van der Waals surface area contributed by atoms with Gasteiger partial charge in [0.1, 0.15) is 0 Å². The molecule has 2 aromatic carbocycles. The number of piperidine rings is 1. The average molecular weight is 419 g/mol. The third-order valence-corrected chi connectivity index (χ3v) is 5.85. The van der Waals surface area contributed by atoms with E-state index >= 15 is 0 Å². The molecule has 8 heteroatoms. The summed E-state index contributed by atoms with van der Waals surface area (Å²) in [6.07, 6.45) is -2.32. The van der Waals surface area contributed by atoms with Crippen LogP contribution in [0.2, 0.25) is 0 Å². The zero-order valence-electron chi connectivity index (χ0n) is 15.6. The van der Waals surface area contributed by atoms with Crippen LogP contribution >= 0.6 is 12.2 Å². The first-order valence-electron chi connectivity index (χ1n) is 9.46. The molecule has 29 heavy (non-hydrogen) atoms. The molecule has 0 amide bonds. The van der Waals surface area contributed by atoms with Crippen LogP contribution in [0.5, 0.6) is 0 Å². The number of hydrogen-bond acceptors (Lipinski definition) is 2. The van der Waals surface area contributed by atoms with Crippen molar-refractivity contribution in [2.75, 3.05) is 13.1 Å². The second-order valence-electron chi connectivity index (χ2n) is 7.30. The Hall–Kier alpha value is -2.61. The summed E-state index contributed by atoms with van der Waals surface area (Å²) in [6, 6.07) is 12.9. The molecule has 0 atom stereocenters. The molecule has 1 N–H and O–H groups in total. The fraction of sp³-hybridized carbons (Fsp3) is 0.333. The second kappa shape index (κ2) is 7.67. The number of benzene rings is 2. The summed E-state index contributed by atoms with van der Waals surface area (Å²) < 4.78 is 39.9. The lowest BCUT2D eigenvalue weighted by atomic mass is 10.0. The van der Waals surface area contributed by atoms with Crippen LogP contribution in [0.15, 0.2) is 53.3 Å². The van der Waals surface area contributed by atoms with Gasteiger partial charge in [0.15, 0.2) is 0 Å². The van der Waals surface area contributed by atoms with Crippen molar-refractivity contribution in [2.45, 2.75) is 31.5 Å². The van der Waals surface area contributed by atoms with Crippen molar-refractivity contribution in [2.24, 2.45) is 0 Å². The summed E-state index contributed by atoms with van der Waals surface area (Å²) in [6.45, 7) is 1.44. The Labute approximate surface area is 170 Å². The van der Waals surface area contributed by atoms with Gasteiger partial charge in [-0.05, 0) is 42.7 Å². The van der Waals surface area contributed by atoms with Gasteiger partial charge in [0, 0.05) is 25.6 Å². The van der Waals surface area contributed by atoms with Gasteiger partial charge in [-0.3, -0.25) is 4.57 Å². The SMILES string of the molecule is O=c1[nH]c2ccccc2n1C1CCN(C(=S)Cc2ccc(C(F)(F)F)cc2)CC1. The molecule has 1 saturated heterocycles. The molecular weight excluding hydrogens is 399 g/mol. The predicted octanol–water partition coefficient (Wildman–Crippen LogP) is 4.56. The van der Waals surface area contributed by atoms with Crippen LogP contribution in [0.25, 0.3) is 11.0 Å². The number of H-pyrrole nitrogens is 1. The average Bonchev–Trinajstić information content (AvgIpc) is 3.03. The number of hydrogen-bond donors (Lipinski definition) is 1. The summed E-state index contributed by atoms with van der Waals surface area (Å²) in [5.41, 5.74) is 1.74. The van der Waals surface area contributed by atoms with Gasteiger partial charge in [-0.2, -0.15) is 13.2 Å². The third kappa shape index (κ3) is 4.07. The minimum Gasteiger partial charge on any atom is -0.366 e. The van der Waals surface area contributed by atoms with Gasteiger partial charge < -0.3 is 9.88 Å². The monoisotopic (exact) mass is 419 g/mol. The van der Waals surface area contributed by atoms with Gasteiger partial charge in [-0.15, -0.1) is 0 Å². The molecule has 0 saturated carbocycles. The van der Waals surface area contributed by atoms with E-state index in [0.717, 1.165) is 59.6 Å². The lowest BCUT2D eigenvalue weighted by Gasteiger charge is -2.34. The molecule has 152 valence electrons. The first-order chi connectivity index (χ1) is 13.8. The third-order valence-electron chi connectivity index (χ3n) is 5.44. The van der Waals surface area contributed by atoms with E-state index in [-0.39, 0.29) is 11.7 Å². The lowest BCUT2D eigenvalue weighted by Crippen LogP contribution is -2.40. The Bertz CT molecular complexity index is 1080. The molecule has 1 aromatic heterocycles. The Morgan fingerprint density at radius 1 is 1.07 bits per heavy atom. The van der Waals surface area contributed by atoms with Gasteiger partial charge in [0.2, 0.25) is 0 Å². The van der Waals surface area contributed by atoms with Crippen molar-refractivity contribution in [3.63, 3.8) is 0 Å². The summed E-state index contributed by atoms with van der Waals surface area (Å²) in [4.78, 5) is 18.1. The van der Waals surface area contributed by atoms with Crippen molar-refractivity contribution in [1.29, 1.82) is 0 Å². The molecule has 0 radical (unpaired) electrons. The lowest BCUT2D eigenvalue weighted by molar-refractivity contribution is -0.137. The Morgan fingerprint density at radius 3 is 2.38 bits per heavy atom. The molecule has 4 rings (SSSR count). The normalized spacial score (nSPS) is 15.8. The predicted molar refractivity (Wildman–Crippen MR) is 110 cm³/mol. The van der Waals surface area contributed by atoms with E-state index in [1.807, 2.05) is 28.8 Å². The first-order valence-corrected chi connectivity index (χ1v) is 9.87. The number of thiocarbonyl (C=S) groups is 1. The molecule has 0 spiro atoms. The number of rotatable bonds is 3. The Morgan fingerprint density at radius 2 is 1.72 bits per heavy atom. The van der Waals surface area contributed by atoms with Gasteiger partial charge in [0.05, 0.1) is 21.6 Å². The molecule has 3 aromatic rings. The van der Waals surface area contributed by atoms with Crippen LogP contribution in [0, 0.1) is 0 Å². The van der Waals surface area contributed by atoms with Gasteiger partial charge in [-0.1, -0.05) is 36.5 Å². The minimum absolute atomic E-state index is 0.100. The zero-order valence-corrected chi connectivity index (χ0v) is 16.4. The molecule has 1 fully saturated rings. The molecule has 0 bridgehead atoms. The maximum Gasteiger partial charge on any atom is 0.416 e. The van der Waals surface area contributed by atoms with E-state index in [1.165, 1.54) is 12.1 Å². The number of imidazole rings is 1. The number of halogens is 3. The number of aromatic amines is 1. The number of para-hydroxylation sites is 2. The topological polar surface area (TPSA) is 41.0 Å². The summed E-state index contributed by atoms with van der Waals surface area (Å²) in [5, 5.41) is 0. The smallest absolute Gasteiger partial charge is 0.366 e. The van der Waals surface area contributed by atoms with Crippen LogP contribution < -0.4 is 5.69 Å². The van der Waals surface area contributed by atoms with Crippen molar-refractivity contribution >= 4 is 28.2 Å². The maximum absolute atomic E-state index is 12.7. The highest BCUT2D eigenvalue weighted by Crippen LogP contribution is 2.29. The van der Waals surface area contributed by atoms with E-state index in [4.69, 9.17) is 12.2 Å². The van der Waals surface area contributed by atoms with E-state index < -0.39 is 11.7 Å². The quantitative estimate of drug-likeness (QED) is 0.633. The number of nitrogens with zero attached hydrogens (tertiary/aromatic N) is 2. The van der Waals surface area contributed by atoms with Crippen molar-refractivity contribution < 1.29 is 13.2 Å². The van der Waals surface area contributed by atoms with Crippen molar-refractivity contribution in [3.05, 3.63) is 70.1 Å². The number of alkyl halides is 3. The van der Waals surface area contributed by atoms with Gasteiger partial charge >= 0.3 is 11.9 Å². The molecule has 1 aliphatic rings. The number of aromatic nitrogens is 2. The van der Waals surface area contributed by atoms with E-state index in [1.54, 1.807) is 0 Å². The minimum atomic E-state index is -4.33. The number of likely N-dealkylation sites (tertiary alicyclic amines) is 1. The molecule has 2 heterocycles. The second-order valence-corrected chi connectivity index (χ2v) is 7.77. The highest BCUT2D eigenvalue weighted by atomic mass is 32.1. The summed E-state index contributed by atoms with van der Waals surface area (Å²) in [7, 11) is 0. The molecular formula is C21H20F3N3OS. The van der Waals surface area contributed by atoms with Crippen LogP contribution in [-0.2, 0) is 12.6 Å². The van der Waals surface area contributed by atoms with Crippen LogP contribution in [-0.4, -0.2) is 32.5 Å². The molecule has 1 aliphatic heterocycles. The van der Waals surface area contributed by atoms with E-state index in [0.29, 0.717) is 6.42 Å². The summed E-state index contributed by atoms with van der Waals surface area (Å²) >= 11 is 5.53. The number of fused-ring (bicyclic) bond motifs is 1. The maximum atomic E-state index is 12.7. The van der Waals surface area contributed by atoms with Gasteiger partial charge in [0.25, 0.3) is 0 Å². The highest BCUT2D eigenvalue weighted by Gasteiger charge is 2.30. The zero-order chi connectivity index (χ0) is 20.6. The molecule has 0 aliphatic carbocycles. The Balaban J connectivity index is 1.40. The van der Waals surface area contributed by atoms with Crippen LogP contribution in [0.4, 0.5) is 13.2 Å². The standard InChI is InChI=1S/C21H20F3N3OS/c22-21(23,24)15-7-5-14(6-8-15)13-19(29)26-11-9-16(10-12-26)27-18-4-2-1-3-17(18)25-20(27)28/h1-8,16H,9-13H2,(H,25,28). The van der Waals surface area contributed by atoms with E-state index in [9.17, 15) is 18.0 Å². The summed E-state index contributed by atoms with van der Waals surface area (Å²) in [5.74, 6) is 0. The van der Waals surface area contributed by atoms with Crippen molar-refractivity contribution in [1.82, 2.24) is 14.5 Å². The van der Waals surface area contributed by atoms with Gasteiger partial charge in [-0.25, -0.2) is 4.79 Å². The first kappa shape index (κ1) is 19.7. The van der Waals surface area contributed by atoms with E-state index in [2.05, 4.69) is 9.88 Å². The Kier molecular flexibility index (Phi) is 5.21. The fourth-order valence-electron chi connectivity index (χ4n) is 3.91.